The highest BCUT2D eigenvalue weighted by Crippen LogP contribution is 2.44. The van der Waals surface area contributed by atoms with E-state index < -0.39 is 0 Å². The first-order valence-electron chi connectivity index (χ1n) is 4.70. The fourth-order valence-corrected chi connectivity index (χ4v) is 1.93. The van der Waals surface area contributed by atoms with Gasteiger partial charge in [-0.05, 0) is 18.1 Å². The molecule has 0 fully saturated rings. The summed E-state index contributed by atoms with van der Waals surface area (Å²) >= 11 is 0. The number of carbonyl (C=O) groups excluding carboxylic acids is 1. The lowest BCUT2D eigenvalue weighted by atomic mass is 9.98. The highest BCUT2D eigenvalue weighted by Gasteiger charge is 2.29. The maximum atomic E-state index is 11.5. The Labute approximate surface area is 85.6 Å². The maximum absolute atomic E-state index is 11.5. The van der Waals surface area contributed by atoms with Crippen molar-refractivity contribution in [2.24, 2.45) is 0 Å². The van der Waals surface area contributed by atoms with Crippen LogP contribution in [-0.4, -0.2) is 24.4 Å². The number of amides is 1. The second-order valence-corrected chi connectivity index (χ2v) is 3.50. The summed E-state index contributed by atoms with van der Waals surface area (Å²) in [4.78, 5) is 11.5. The minimum absolute atomic E-state index is 0.0907. The van der Waals surface area contributed by atoms with E-state index in [2.05, 4.69) is 5.32 Å². The number of carbonyl (C=O) groups is 1. The number of ether oxygens (including phenoxy) is 2. The van der Waals surface area contributed by atoms with E-state index >= 15 is 0 Å². The molecule has 0 atom stereocenters. The minimum Gasteiger partial charge on any atom is -0.504 e. The normalized spacial score (nSPS) is 17.2. The molecule has 0 aliphatic carbocycles. The quantitative estimate of drug-likeness (QED) is 0.646. The summed E-state index contributed by atoms with van der Waals surface area (Å²) in [5, 5.41) is 12.5. The summed E-state index contributed by atoms with van der Waals surface area (Å²) in [6.07, 6.45) is 0.700. The summed E-state index contributed by atoms with van der Waals surface area (Å²) in [6, 6.07) is 1.76. The molecule has 2 aliphatic rings. The molecular formula is C10H9NO4. The predicted octanol–water partition coefficient (Wildman–Crippen LogP) is 0.407. The van der Waals surface area contributed by atoms with Crippen LogP contribution < -0.4 is 14.8 Å². The van der Waals surface area contributed by atoms with Crippen LogP contribution in [0.15, 0.2) is 6.07 Å². The fraction of sp³-hybridized carbons (Fsp3) is 0.300. The molecule has 5 heteroatoms. The van der Waals surface area contributed by atoms with Gasteiger partial charge in [0.2, 0.25) is 12.5 Å². The molecule has 2 N–H and O–H groups in total. The number of fused-ring (bicyclic) bond motifs is 2. The van der Waals surface area contributed by atoms with E-state index in [1.165, 1.54) is 0 Å². The van der Waals surface area contributed by atoms with E-state index in [-0.39, 0.29) is 24.2 Å². The lowest BCUT2D eigenvalue weighted by molar-refractivity contribution is 0.0942. The molecule has 3 rings (SSSR count). The predicted molar refractivity (Wildman–Crippen MR) is 50.3 cm³/mol. The molecule has 0 radical (unpaired) electrons. The van der Waals surface area contributed by atoms with Crippen molar-refractivity contribution >= 4 is 5.91 Å². The Morgan fingerprint density at radius 1 is 1.40 bits per heavy atom. The number of phenols is 1. The number of hydrogen-bond donors (Lipinski definition) is 2. The Hall–Kier alpha value is -1.91. The molecule has 1 aromatic carbocycles. The van der Waals surface area contributed by atoms with Crippen LogP contribution in [0.25, 0.3) is 0 Å². The smallest absolute Gasteiger partial charge is 0.255 e. The average Bonchev–Trinajstić information content (AvgIpc) is 2.66. The second kappa shape index (κ2) is 2.79. The molecule has 0 spiro atoms. The lowest BCUT2D eigenvalue weighted by Crippen LogP contribution is -2.31. The molecule has 78 valence electrons. The third kappa shape index (κ3) is 1.06. The topological polar surface area (TPSA) is 67.8 Å². The van der Waals surface area contributed by atoms with E-state index in [4.69, 9.17) is 9.47 Å². The number of aromatic hydroxyl groups is 1. The SMILES string of the molecule is O=C1NCCc2cc3c(c(O)c21)OCO3. The van der Waals surface area contributed by atoms with Crippen LogP contribution in [-0.2, 0) is 6.42 Å². The van der Waals surface area contributed by atoms with Crippen molar-refractivity contribution in [1.82, 2.24) is 5.32 Å². The van der Waals surface area contributed by atoms with Gasteiger partial charge in [0.1, 0.15) is 0 Å². The van der Waals surface area contributed by atoms with Crippen LogP contribution in [0.3, 0.4) is 0 Å². The Kier molecular flexibility index (Phi) is 1.56. The van der Waals surface area contributed by atoms with E-state index in [0.717, 1.165) is 5.56 Å². The number of phenolic OH excluding ortho intramolecular Hbond substituents is 1. The molecule has 5 nitrogen and oxygen atoms in total. The van der Waals surface area contributed by atoms with E-state index in [1.54, 1.807) is 6.07 Å². The zero-order valence-corrected chi connectivity index (χ0v) is 7.87. The first-order valence-corrected chi connectivity index (χ1v) is 4.70. The third-order valence-corrected chi connectivity index (χ3v) is 2.63. The number of hydrogen-bond acceptors (Lipinski definition) is 4. The van der Waals surface area contributed by atoms with Crippen molar-refractivity contribution in [3.05, 3.63) is 17.2 Å². The molecular weight excluding hydrogens is 198 g/mol. The highest BCUT2D eigenvalue weighted by molar-refractivity contribution is 6.00. The van der Waals surface area contributed by atoms with Gasteiger partial charge in [0, 0.05) is 6.54 Å². The average molecular weight is 207 g/mol. The summed E-state index contributed by atoms with van der Waals surface area (Å²) in [5.74, 6) is 0.413. The van der Waals surface area contributed by atoms with Gasteiger partial charge in [-0.3, -0.25) is 4.79 Å². The molecule has 1 aromatic rings. The van der Waals surface area contributed by atoms with Crippen molar-refractivity contribution in [3.63, 3.8) is 0 Å². The first kappa shape index (κ1) is 8.40. The maximum Gasteiger partial charge on any atom is 0.255 e. The summed E-state index contributed by atoms with van der Waals surface area (Å²) in [6.45, 7) is 0.679. The molecule has 0 bridgehead atoms. The Balaban J connectivity index is 2.26. The minimum atomic E-state index is -0.257. The lowest BCUT2D eigenvalue weighted by Gasteiger charge is -2.18. The zero-order chi connectivity index (χ0) is 10.4. The Morgan fingerprint density at radius 2 is 2.27 bits per heavy atom. The highest BCUT2D eigenvalue weighted by atomic mass is 16.7. The van der Waals surface area contributed by atoms with Crippen molar-refractivity contribution < 1.29 is 19.4 Å². The van der Waals surface area contributed by atoms with Crippen LogP contribution >= 0.6 is 0 Å². The molecule has 1 amide bonds. The summed E-state index contributed by atoms with van der Waals surface area (Å²) in [5.41, 5.74) is 1.12. The summed E-state index contributed by atoms with van der Waals surface area (Å²) in [7, 11) is 0. The van der Waals surface area contributed by atoms with Gasteiger partial charge in [-0.2, -0.15) is 0 Å². The van der Waals surface area contributed by atoms with Gasteiger partial charge in [-0.25, -0.2) is 0 Å². The molecule has 2 aliphatic heterocycles. The molecule has 2 heterocycles. The van der Waals surface area contributed by atoms with Crippen LogP contribution in [0.4, 0.5) is 0 Å². The Morgan fingerprint density at radius 3 is 3.13 bits per heavy atom. The zero-order valence-electron chi connectivity index (χ0n) is 7.87. The second-order valence-electron chi connectivity index (χ2n) is 3.50. The first-order chi connectivity index (χ1) is 7.27. The van der Waals surface area contributed by atoms with Crippen LogP contribution in [0, 0.1) is 0 Å². The van der Waals surface area contributed by atoms with Gasteiger partial charge in [0.05, 0.1) is 5.56 Å². The number of rotatable bonds is 0. The Bertz CT molecular complexity index is 455. The van der Waals surface area contributed by atoms with Crippen molar-refractivity contribution in [1.29, 1.82) is 0 Å². The van der Waals surface area contributed by atoms with Gasteiger partial charge in [-0.1, -0.05) is 0 Å². The number of nitrogens with one attached hydrogen (secondary N) is 1. The van der Waals surface area contributed by atoms with E-state index in [9.17, 15) is 9.90 Å². The molecule has 0 aromatic heterocycles. The van der Waals surface area contributed by atoms with Gasteiger partial charge in [-0.15, -0.1) is 0 Å². The largest absolute Gasteiger partial charge is 0.504 e. The summed E-state index contributed by atoms with van der Waals surface area (Å²) < 4.78 is 10.3. The molecule has 0 saturated carbocycles. The fourth-order valence-electron chi connectivity index (χ4n) is 1.93. The van der Waals surface area contributed by atoms with Gasteiger partial charge in [0.25, 0.3) is 5.91 Å². The van der Waals surface area contributed by atoms with Crippen molar-refractivity contribution in [3.8, 4) is 17.2 Å². The molecule has 15 heavy (non-hydrogen) atoms. The van der Waals surface area contributed by atoms with Crippen LogP contribution in [0.1, 0.15) is 15.9 Å². The van der Waals surface area contributed by atoms with Crippen LogP contribution in [0.5, 0.6) is 17.2 Å². The molecule has 0 unspecified atom stereocenters. The third-order valence-electron chi connectivity index (χ3n) is 2.63. The van der Waals surface area contributed by atoms with E-state index in [0.29, 0.717) is 24.3 Å². The number of benzene rings is 1. The van der Waals surface area contributed by atoms with Gasteiger partial charge >= 0.3 is 0 Å². The van der Waals surface area contributed by atoms with Crippen LogP contribution in [0.2, 0.25) is 0 Å². The van der Waals surface area contributed by atoms with E-state index in [1.807, 2.05) is 0 Å². The van der Waals surface area contributed by atoms with Crippen molar-refractivity contribution in [2.45, 2.75) is 6.42 Å². The van der Waals surface area contributed by atoms with Gasteiger partial charge < -0.3 is 19.9 Å². The monoisotopic (exact) mass is 207 g/mol. The van der Waals surface area contributed by atoms with Gasteiger partial charge in [0.15, 0.2) is 11.5 Å². The standard InChI is InChI=1S/C10H9NO4/c12-8-7-5(1-2-11-10(7)13)3-6-9(8)15-4-14-6/h3,12H,1-2,4H2,(H,11,13). The molecule has 0 saturated heterocycles. The van der Waals surface area contributed by atoms with Crippen molar-refractivity contribution in [2.75, 3.05) is 13.3 Å².